The lowest BCUT2D eigenvalue weighted by atomic mass is 10.1. The van der Waals surface area contributed by atoms with Gasteiger partial charge in [0.15, 0.2) is 0 Å². The molecule has 0 aromatic rings. The van der Waals surface area contributed by atoms with Gasteiger partial charge >= 0.3 is 0 Å². The van der Waals surface area contributed by atoms with Crippen molar-refractivity contribution in [3.63, 3.8) is 0 Å². The van der Waals surface area contributed by atoms with Gasteiger partial charge in [-0.2, -0.15) is 0 Å². The van der Waals surface area contributed by atoms with Crippen molar-refractivity contribution >= 4 is 0 Å². The summed E-state index contributed by atoms with van der Waals surface area (Å²) in [5.41, 5.74) is 0. The minimum absolute atomic E-state index is 0.936. The number of unbranched alkanes of at least 4 members (excludes halogenated alkanes) is 12. The molecule has 0 fully saturated rings. The molecule has 0 saturated carbocycles. The Labute approximate surface area is 140 Å². The monoisotopic (exact) mass is 310 g/mol. The van der Waals surface area contributed by atoms with Gasteiger partial charge in [-0.15, -0.1) is 0 Å². The highest BCUT2D eigenvalue weighted by molar-refractivity contribution is 4.81. The fourth-order valence-electron chi connectivity index (χ4n) is 2.70. The van der Waals surface area contributed by atoms with Crippen LogP contribution in [0.1, 0.15) is 110 Å². The van der Waals surface area contributed by atoms with Crippen molar-refractivity contribution < 1.29 is 4.74 Å². The summed E-state index contributed by atoms with van der Waals surface area (Å²) in [4.78, 5) is 0. The van der Waals surface area contributed by atoms with Crippen LogP contribution in [0.25, 0.3) is 0 Å². The van der Waals surface area contributed by atoms with Gasteiger partial charge in [0.05, 0.1) is 0 Å². The minimum atomic E-state index is 0.936. The smallest absolute Gasteiger partial charge is 0.0466 e. The minimum Gasteiger partial charge on any atom is -0.381 e. The van der Waals surface area contributed by atoms with Crippen molar-refractivity contribution in [3.05, 3.63) is 12.2 Å². The second kappa shape index (κ2) is 20.7. The normalized spacial score (nSPS) is 11.5. The van der Waals surface area contributed by atoms with Crippen LogP contribution in [0, 0.1) is 0 Å². The van der Waals surface area contributed by atoms with E-state index in [0.717, 1.165) is 19.6 Å². The molecule has 0 heterocycles. The van der Waals surface area contributed by atoms with Crippen LogP contribution in [-0.2, 0) is 4.74 Å². The Kier molecular flexibility index (Phi) is 20.4. The topological polar surface area (TPSA) is 9.23 Å². The molecule has 132 valence electrons. The van der Waals surface area contributed by atoms with Crippen LogP contribution in [0.2, 0.25) is 0 Å². The summed E-state index contributed by atoms with van der Waals surface area (Å²) in [6, 6.07) is 0. The maximum atomic E-state index is 5.49. The number of allylic oxidation sites excluding steroid dienone is 2. The Morgan fingerprint density at radius 2 is 1.00 bits per heavy atom. The number of hydrogen-bond donors (Lipinski definition) is 0. The molecular formula is C21H42O. The van der Waals surface area contributed by atoms with Crippen LogP contribution in [0.4, 0.5) is 0 Å². The lowest BCUT2D eigenvalue weighted by Gasteiger charge is -2.02. The van der Waals surface area contributed by atoms with Crippen molar-refractivity contribution in [1.29, 1.82) is 0 Å². The van der Waals surface area contributed by atoms with Crippen molar-refractivity contribution in [1.82, 2.24) is 0 Å². The summed E-state index contributed by atoms with van der Waals surface area (Å²) in [7, 11) is 0. The van der Waals surface area contributed by atoms with Gasteiger partial charge in [0.25, 0.3) is 0 Å². The van der Waals surface area contributed by atoms with E-state index in [1.807, 2.05) is 0 Å². The Morgan fingerprint density at radius 1 is 0.500 bits per heavy atom. The molecule has 0 bridgehead atoms. The van der Waals surface area contributed by atoms with Crippen molar-refractivity contribution in [2.75, 3.05) is 13.2 Å². The average Bonchev–Trinajstić information content (AvgIpc) is 2.54. The zero-order valence-corrected chi connectivity index (χ0v) is 15.6. The third-order valence-electron chi connectivity index (χ3n) is 4.15. The average molecular weight is 311 g/mol. The summed E-state index contributed by atoms with van der Waals surface area (Å²) >= 11 is 0. The fourth-order valence-corrected chi connectivity index (χ4v) is 2.70. The molecule has 0 aliphatic rings. The molecule has 0 atom stereocenters. The molecule has 0 rings (SSSR count). The predicted octanol–water partition coefficient (Wildman–Crippen LogP) is 7.45. The number of hydrogen-bond acceptors (Lipinski definition) is 1. The van der Waals surface area contributed by atoms with E-state index < -0.39 is 0 Å². The van der Waals surface area contributed by atoms with E-state index >= 15 is 0 Å². The zero-order valence-electron chi connectivity index (χ0n) is 15.6. The Balaban J connectivity index is 3.02. The van der Waals surface area contributed by atoms with Gasteiger partial charge in [0.2, 0.25) is 0 Å². The molecule has 1 nitrogen and oxygen atoms in total. The van der Waals surface area contributed by atoms with Crippen molar-refractivity contribution in [2.45, 2.75) is 110 Å². The number of ether oxygens (including phenoxy) is 1. The maximum Gasteiger partial charge on any atom is 0.0466 e. The van der Waals surface area contributed by atoms with Crippen LogP contribution in [0.3, 0.4) is 0 Å². The van der Waals surface area contributed by atoms with Crippen LogP contribution in [-0.4, -0.2) is 13.2 Å². The molecule has 0 spiro atoms. The third kappa shape index (κ3) is 19.7. The van der Waals surface area contributed by atoms with E-state index in [0.29, 0.717) is 0 Å². The van der Waals surface area contributed by atoms with Gasteiger partial charge in [0, 0.05) is 13.2 Å². The first kappa shape index (κ1) is 21.7. The highest BCUT2D eigenvalue weighted by Crippen LogP contribution is 2.09. The largest absolute Gasteiger partial charge is 0.381 e. The van der Waals surface area contributed by atoms with E-state index in [-0.39, 0.29) is 0 Å². The molecule has 0 aromatic carbocycles. The lowest BCUT2D eigenvalue weighted by molar-refractivity contribution is 0.130. The predicted molar refractivity (Wildman–Crippen MR) is 101 cm³/mol. The van der Waals surface area contributed by atoms with Gasteiger partial charge in [-0.1, -0.05) is 83.8 Å². The lowest BCUT2D eigenvalue weighted by Crippen LogP contribution is -1.95. The fraction of sp³-hybridized carbons (Fsp3) is 0.905. The van der Waals surface area contributed by atoms with Crippen molar-refractivity contribution in [3.8, 4) is 0 Å². The highest BCUT2D eigenvalue weighted by atomic mass is 16.5. The van der Waals surface area contributed by atoms with E-state index in [2.05, 4.69) is 26.0 Å². The second-order valence-corrected chi connectivity index (χ2v) is 6.55. The SMILES string of the molecule is CCCCCCCC/C=C/CCCCCCCCOCCC. The second-order valence-electron chi connectivity index (χ2n) is 6.55. The molecule has 0 unspecified atom stereocenters. The molecule has 0 amide bonds. The van der Waals surface area contributed by atoms with Crippen LogP contribution in [0.5, 0.6) is 0 Å². The first-order valence-corrected chi connectivity index (χ1v) is 10.1. The van der Waals surface area contributed by atoms with Gasteiger partial charge in [-0.25, -0.2) is 0 Å². The van der Waals surface area contributed by atoms with Gasteiger partial charge in [-0.05, 0) is 38.5 Å². The van der Waals surface area contributed by atoms with E-state index in [1.165, 1.54) is 89.9 Å². The zero-order chi connectivity index (χ0) is 16.1. The molecule has 0 radical (unpaired) electrons. The van der Waals surface area contributed by atoms with Gasteiger partial charge < -0.3 is 4.74 Å². The van der Waals surface area contributed by atoms with Gasteiger partial charge in [-0.3, -0.25) is 0 Å². The third-order valence-corrected chi connectivity index (χ3v) is 4.15. The molecule has 0 N–H and O–H groups in total. The summed E-state index contributed by atoms with van der Waals surface area (Å²) < 4.78 is 5.49. The highest BCUT2D eigenvalue weighted by Gasteiger charge is 1.92. The Bertz CT molecular complexity index is 210. The summed E-state index contributed by atoms with van der Waals surface area (Å²) in [6.45, 7) is 6.35. The molecule has 0 aromatic heterocycles. The molecule has 0 aliphatic heterocycles. The number of rotatable bonds is 18. The molecule has 0 saturated heterocycles. The molecular weight excluding hydrogens is 268 g/mol. The van der Waals surface area contributed by atoms with E-state index in [1.54, 1.807) is 0 Å². The van der Waals surface area contributed by atoms with Crippen molar-refractivity contribution in [2.24, 2.45) is 0 Å². The summed E-state index contributed by atoms with van der Waals surface area (Å²) in [5.74, 6) is 0. The van der Waals surface area contributed by atoms with E-state index in [4.69, 9.17) is 4.74 Å². The quantitative estimate of drug-likeness (QED) is 0.189. The maximum absolute atomic E-state index is 5.49. The first-order valence-electron chi connectivity index (χ1n) is 10.1. The Hall–Kier alpha value is -0.300. The van der Waals surface area contributed by atoms with Crippen LogP contribution >= 0.6 is 0 Å². The first-order chi connectivity index (χ1) is 10.9. The summed E-state index contributed by atoms with van der Waals surface area (Å²) in [5, 5.41) is 0. The standard InChI is InChI=1S/C21H42O/c1-3-5-6-7-8-9-10-11-12-13-14-15-16-17-18-19-21-22-20-4-2/h11-12H,3-10,13-21H2,1-2H3/b12-11+. The molecule has 22 heavy (non-hydrogen) atoms. The summed E-state index contributed by atoms with van der Waals surface area (Å²) in [6.07, 6.45) is 25.2. The van der Waals surface area contributed by atoms with Crippen LogP contribution in [0.15, 0.2) is 12.2 Å². The Morgan fingerprint density at radius 3 is 1.55 bits per heavy atom. The molecule has 0 aliphatic carbocycles. The van der Waals surface area contributed by atoms with Crippen LogP contribution < -0.4 is 0 Å². The van der Waals surface area contributed by atoms with Gasteiger partial charge in [0.1, 0.15) is 0 Å². The molecule has 1 heteroatoms. The van der Waals surface area contributed by atoms with E-state index in [9.17, 15) is 0 Å².